The molecule has 0 aliphatic carbocycles. The van der Waals surface area contributed by atoms with Gasteiger partial charge in [-0.2, -0.15) is 0 Å². The number of amides is 2. The van der Waals surface area contributed by atoms with Gasteiger partial charge in [-0.3, -0.25) is 9.59 Å². The van der Waals surface area contributed by atoms with Crippen LogP contribution in [0.25, 0.3) is 0 Å². The zero-order valence-electron chi connectivity index (χ0n) is 11.7. The highest BCUT2D eigenvalue weighted by Gasteiger charge is 2.35. The zero-order chi connectivity index (χ0) is 14.8. The fourth-order valence-corrected chi connectivity index (χ4v) is 3.12. The molecule has 2 fully saturated rings. The van der Waals surface area contributed by atoms with Crippen molar-refractivity contribution in [3.63, 3.8) is 0 Å². The number of hydrogen-bond donors (Lipinski definition) is 3. The molecule has 0 bridgehead atoms. The molecule has 112 valence electrons. The van der Waals surface area contributed by atoms with Gasteiger partial charge in [0.2, 0.25) is 5.91 Å². The smallest absolute Gasteiger partial charge is 0.254 e. The van der Waals surface area contributed by atoms with Gasteiger partial charge in [-0.25, -0.2) is 10.8 Å². The maximum Gasteiger partial charge on any atom is 0.254 e. The number of fused-ring (bicyclic) bond motifs is 1. The van der Waals surface area contributed by atoms with Gasteiger partial charge in [-0.15, -0.1) is 0 Å². The number of hydrogen-bond acceptors (Lipinski definition) is 5. The predicted molar refractivity (Wildman–Crippen MR) is 77.2 cm³/mol. The lowest BCUT2D eigenvalue weighted by Gasteiger charge is -2.41. The lowest BCUT2D eigenvalue weighted by atomic mass is 9.85. The maximum absolute atomic E-state index is 12.5. The fourth-order valence-electron chi connectivity index (χ4n) is 3.12. The van der Waals surface area contributed by atoms with E-state index >= 15 is 0 Å². The van der Waals surface area contributed by atoms with Crippen molar-refractivity contribution < 1.29 is 9.59 Å². The number of piperidine rings is 2. The zero-order valence-corrected chi connectivity index (χ0v) is 11.7. The van der Waals surface area contributed by atoms with Crippen LogP contribution in [0, 0.1) is 5.92 Å². The van der Waals surface area contributed by atoms with Gasteiger partial charge >= 0.3 is 0 Å². The normalized spacial score (nSPS) is 25.0. The van der Waals surface area contributed by atoms with Crippen LogP contribution in [0.5, 0.6) is 0 Å². The molecule has 2 saturated heterocycles. The second-order valence-corrected chi connectivity index (χ2v) is 5.59. The highest BCUT2D eigenvalue weighted by atomic mass is 16.2. The van der Waals surface area contributed by atoms with Crippen molar-refractivity contribution in [2.45, 2.75) is 25.3 Å². The van der Waals surface area contributed by atoms with E-state index in [4.69, 9.17) is 5.84 Å². The number of nitrogens with one attached hydrogen (secondary N) is 2. The fraction of sp³-hybridized carbons (Fsp3) is 0.500. The SMILES string of the molecule is NNc1cc(C(=O)N2CCC3NC(=O)CCC3C2)ccn1. The highest BCUT2D eigenvalue weighted by molar-refractivity contribution is 5.95. The van der Waals surface area contributed by atoms with E-state index in [2.05, 4.69) is 15.7 Å². The van der Waals surface area contributed by atoms with Gasteiger partial charge in [0.15, 0.2) is 0 Å². The average molecular weight is 289 g/mol. The minimum absolute atomic E-state index is 0.00995. The molecule has 0 saturated carbocycles. The molecule has 1 aromatic rings. The Morgan fingerprint density at radius 1 is 1.48 bits per heavy atom. The van der Waals surface area contributed by atoms with E-state index in [9.17, 15) is 9.59 Å². The number of hydrazine groups is 1. The topological polar surface area (TPSA) is 100 Å². The first kappa shape index (κ1) is 13.8. The molecule has 0 radical (unpaired) electrons. The minimum Gasteiger partial charge on any atom is -0.353 e. The van der Waals surface area contributed by atoms with E-state index in [-0.39, 0.29) is 17.9 Å². The Bertz CT molecular complexity index is 562. The Morgan fingerprint density at radius 2 is 2.33 bits per heavy atom. The van der Waals surface area contributed by atoms with E-state index in [1.54, 1.807) is 18.3 Å². The summed E-state index contributed by atoms with van der Waals surface area (Å²) < 4.78 is 0. The maximum atomic E-state index is 12.5. The number of rotatable bonds is 2. The number of aromatic nitrogens is 1. The number of pyridine rings is 1. The van der Waals surface area contributed by atoms with E-state index in [1.807, 2.05) is 4.90 Å². The van der Waals surface area contributed by atoms with Gasteiger partial charge in [-0.05, 0) is 30.9 Å². The molecule has 2 unspecified atom stereocenters. The number of nitrogens with zero attached hydrogens (tertiary/aromatic N) is 2. The van der Waals surface area contributed by atoms with Crippen molar-refractivity contribution in [1.29, 1.82) is 0 Å². The quantitative estimate of drug-likeness (QED) is 0.530. The van der Waals surface area contributed by atoms with Crippen LogP contribution >= 0.6 is 0 Å². The van der Waals surface area contributed by atoms with Crippen molar-refractivity contribution in [3.05, 3.63) is 23.9 Å². The summed E-state index contributed by atoms with van der Waals surface area (Å²) >= 11 is 0. The van der Waals surface area contributed by atoms with Crippen molar-refractivity contribution in [2.75, 3.05) is 18.5 Å². The molecular formula is C14H19N5O2. The van der Waals surface area contributed by atoms with Crippen molar-refractivity contribution in [3.8, 4) is 0 Å². The summed E-state index contributed by atoms with van der Waals surface area (Å²) in [4.78, 5) is 29.8. The molecule has 2 aliphatic heterocycles. The molecule has 2 aliphatic rings. The first-order chi connectivity index (χ1) is 10.2. The summed E-state index contributed by atoms with van der Waals surface area (Å²) in [6.07, 6.45) is 3.79. The lowest BCUT2D eigenvalue weighted by molar-refractivity contribution is -0.125. The Balaban J connectivity index is 1.70. The molecule has 0 spiro atoms. The van der Waals surface area contributed by atoms with Crippen LogP contribution in [0.15, 0.2) is 18.3 Å². The number of carbonyl (C=O) groups is 2. The summed E-state index contributed by atoms with van der Waals surface area (Å²) in [5.41, 5.74) is 3.03. The van der Waals surface area contributed by atoms with Gasteiger partial charge < -0.3 is 15.6 Å². The average Bonchev–Trinajstić information content (AvgIpc) is 2.53. The number of likely N-dealkylation sites (tertiary alicyclic amines) is 1. The molecule has 2 amide bonds. The number of anilines is 1. The summed E-state index contributed by atoms with van der Waals surface area (Å²) in [6.45, 7) is 1.35. The lowest BCUT2D eigenvalue weighted by Crippen LogP contribution is -2.55. The molecule has 21 heavy (non-hydrogen) atoms. The van der Waals surface area contributed by atoms with Crippen molar-refractivity contribution in [2.24, 2.45) is 11.8 Å². The van der Waals surface area contributed by atoms with Crippen LogP contribution in [-0.4, -0.2) is 40.8 Å². The highest BCUT2D eigenvalue weighted by Crippen LogP contribution is 2.26. The van der Waals surface area contributed by atoms with Crippen LogP contribution in [0.4, 0.5) is 5.82 Å². The summed E-state index contributed by atoms with van der Waals surface area (Å²) in [7, 11) is 0. The second-order valence-electron chi connectivity index (χ2n) is 5.59. The third-order valence-corrected chi connectivity index (χ3v) is 4.26. The number of nitrogen functional groups attached to an aromatic ring is 1. The van der Waals surface area contributed by atoms with Crippen LogP contribution in [-0.2, 0) is 4.79 Å². The molecule has 7 nitrogen and oxygen atoms in total. The van der Waals surface area contributed by atoms with Crippen molar-refractivity contribution in [1.82, 2.24) is 15.2 Å². The van der Waals surface area contributed by atoms with Crippen LogP contribution < -0.4 is 16.6 Å². The Labute approximate surface area is 122 Å². The number of nitrogens with two attached hydrogens (primary N) is 1. The van der Waals surface area contributed by atoms with Gasteiger partial charge in [0, 0.05) is 37.3 Å². The first-order valence-electron chi connectivity index (χ1n) is 7.18. The summed E-state index contributed by atoms with van der Waals surface area (Å²) in [5.74, 6) is 6.27. The third kappa shape index (κ3) is 2.82. The van der Waals surface area contributed by atoms with E-state index in [0.29, 0.717) is 36.8 Å². The molecule has 4 N–H and O–H groups in total. The second kappa shape index (κ2) is 5.69. The molecular weight excluding hydrogens is 270 g/mol. The summed E-state index contributed by atoms with van der Waals surface area (Å²) in [6, 6.07) is 3.56. The Hall–Kier alpha value is -2.15. The summed E-state index contributed by atoms with van der Waals surface area (Å²) in [5, 5.41) is 3.02. The van der Waals surface area contributed by atoms with E-state index < -0.39 is 0 Å². The van der Waals surface area contributed by atoms with Gasteiger partial charge in [-0.1, -0.05) is 0 Å². The molecule has 7 heteroatoms. The molecule has 3 rings (SSSR count). The molecule has 1 aromatic heterocycles. The number of carbonyl (C=O) groups excluding carboxylic acids is 2. The third-order valence-electron chi connectivity index (χ3n) is 4.26. The van der Waals surface area contributed by atoms with E-state index in [1.165, 1.54) is 0 Å². The standard InChI is InChI=1S/C14H19N5O2/c15-18-12-7-9(3-5-16-12)14(21)19-6-4-11-10(8-19)1-2-13(20)17-11/h3,5,7,10-11H,1-2,4,6,8,15H2,(H,16,18)(H,17,20). The minimum atomic E-state index is -0.00995. The Kier molecular flexibility index (Phi) is 3.74. The van der Waals surface area contributed by atoms with Crippen LogP contribution in [0.3, 0.4) is 0 Å². The molecule has 2 atom stereocenters. The van der Waals surface area contributed by atoms with Gasteiger partial charge in [0.05, 0.1) is 0 Å². The van der Waals surface area contributed by atoms with Crippen LogP contribution in [0.2, 0.25) is 0 Å². The predicted octanol–water partition coefficient (Wildman–Crippen LogP) is 0.108. The van der Waals surface area contributed by atoms with Gasteiger partial charge in [0.1, 0.15) is 5.82 Å². The van der Waals surface area contributed by atoms with E-state index in [0.717, 1.165) is 12.8 Å². The largest absolute Gasteiger partial charge is 0.353 e. The molecule has 3 heterocycles. The van der Waals surface area contributed by atoms with Crippen LogP contribution in [0.1, 0.15) is 29.6 Å². The molecule has 0 aromatic carbocycles. The Morgan fingerprint density at radius 3 is 3.14 bits per heavy atom. The van der Waals surface area contributed by atoms with Crippen molar-refractivity contribution >= 4 is 17.6 Å². The van der Waals surface area contributed by atoms with Gasteiger partial charge in [0.25, 0.3) is 5.91 Å². The first-order valence-corrected chi connectivity index (χ1v) is 7.18. The monoisotopic (exact) mass is 289 g/mol.